The van der Waals surface area contributed by atoms with E-state index < -0.39 is 5.60 Å². The lowest BCUT2D eigenvalue weighted by Crippen LogP contribution is -2.31. The first-order chi connectivity index (χ1) is 8.03. The Labute approximate surface area is 99.5 Å². The highest BCUT2D eigenvalue weighted by Crippen LogP contribution is 2.38. The summed E-state index contributed by atoms with van der Waals surface area (Å²) in [5, 5.41) is 9.93. The van der Waals surface area contributed by atoms with Gasteiger partial charge >= 0.3 is 0 Å². The molecule has 1 aliphatic heterocycles. The van der Waals surface area contributed by atoms with Gasteiger partial charge in [0.1, 0.15) is 11.6 Å². The van der Waals surface area contributed by atoms with Gasteiger partial charge in [-0.2, -0.15) is 0 Å². The van der Waals surface area contributed by atoms with Crippen LogP contribution in [0.5, 0.6) is 0 Å². The first kappa shape index (κ1) is 10.8. The van der Waals surface area contributed by atoms with E-state index in [2.05, 4.69) is 9.97 Å². The molecule has 1 aromatic rings. The van der Waals surface area contributed by atoms with Gasteiger partial charge in [-0.3, -0.25) is 4.79 Å². The molecule has 1 saturated heterocycles. The van der Waals surface area contributed by atoms with Crippen LogP contribution in [0.1, 0.15) is 37.9 Å². The van der Waals surface area contributed by atoms with Crippen molar-refractivity contribution in [2.45, 2.75) is 37.7 Å². The normalized spacial score (nSPS) is 28.7. The van der Waals surface area contributed by atoms with E-state index >= 15 is 0 Å². The van der Waals surface area contributed by atoms with Gasteiger partial charge in [0, 0.05) is 25.1 Å². The maximum atomic E-state index is 11.6. The van der Waals surface area contributed by atoms with Crippen molar-refractivity contribution in [3.05, 3.63) is 22.2 Å². The first-order valence-electron chi connectivity index (χ1n) is 6.12. The van der Waals surface area contributed by atoms with Gasteiger partial charge in [0.15, 0.2) is 0 Å². The highest BCUT2D eigenvalue weighted by atomic mass is 16.3. The Hall–Kier alpha value is -1.36. The van der Waals surface area contributed by atoms with Crippen LogP contribution in [0.2, 0.25) is 0 Å². The zero-order valence-electron chi connectivity index (χ0n) is 9.94. The van der Waals surface area contributed by atoms with Crippen LogP contribution in [-0.2, 0) is 0 Å². The van der Waals surface area contributed by atoms with Crippen molar-refractivity contribution in [3.63, 3.8) is 0 Å². The van der Waals surface area contributed by atoms with E-state index in [1.54, 1.807) is 0 Å². The summed E-state index contributed by atoms with van der Waals surface area (Å²) < 4.78 is 0. The predicted molar refractivity (Wildman–Crippen MR) is 64.3 cm³/mol. The van der Waals surface area contributed by atoms with Crippen LogP contribution in [0.15, 0.2) is 10.9 Å². The molecule has 92 valence electrons. The molecule has 0 spiro atoms. The zero-order chi connectivity index (χ0) is 12.0. The molecule has 5 nitrogen and oxygen atoms in total. The van der Waals surface area contributed by atoms with Gasteiger partial charge in [-0.05, 0) is 26.2 Å². The SMILES string of the molecule is CC1(O)CCN(c2cc(=O)[nH]c(C3CC3)n2)C1. The van der Waals surface area contributed by atoms with Crippen molar-refractivity contribution in [3.8, 4) is 0 Å². The Morgan fingerprint density at radius 1 is 1.59 bits per heavy atom. The number of rotatable bonds is 2. The highest BCUT2D eigenvalue weighted by molar-refractivity contribution is 5.40. The molecule has 1 saturated carbocycles. The van der Waals surface area contributed by atoms with Crippen molar-refractivity contribution in [2.75, 3.05) is 18.0 Å². The molecule has 3 rings (SSSR count). The number of β-amino-alcohol motifs (C(OH)–C–C–N with tert-alkyl or cyclic N) is 1. The highest BCUT2D eigenvalue weighted by Gasteiger charge is 2.33. The molecule has 0 bridgehead atoms. The fourth-order valence-electron chi connectivity index (χ4n) is 2.32. The molecule has 0 amide bonds. The Kier molecular flexibility index (Phi) is 2.26. The van der Waals surface area contributed by atoms with E-state index in [4.69, 9.17) is 0 Å². The topological polar surface area (TPSA) is 69.2 Å². The van der Waals surface area contributed by atoms with Gasteiger partial charge in [0.2, 0.25) is 0 Å². The summed E-state index contributed by atoms with van der Waals surface area (Å²) in [4.78, 5) is 20.9. The number of nitrogens with zero attached hydrogens (tertiary/aromatic N) is 2. The summed E-state index contributed by atoms with van der Waals surface area (Å²) in [6.07, 6.45) is 2.95. The molecule has 1 aliphatic carbocycles. The minimum absolute atomic E-state index is 0.0940. The van der Waals surface area contributed by atoms with E-state index in [0.29, 0.717) is 18.3 Å². The molecule has 2 aliphatic rings. The van der Waals surface area contributed by atoms with Crippen LogP contribution in [-0.4, -0.2) is 33.8 Å². The van der Waals surface area contributed by atoms with Gasteiger partial charge < -0.3 is 15.0 Å². The van der Waals surface area contributed by atoms with Gasteiger partial charge in [-0.1, -0.05) is 0 Å². The van der Waals surface area contributed by atoms with Gasteiger partial charge in [0.05, 0.1) is 5.60 Å². The fourth-order valence-corrected chi connectivity index (χ4v) is 2.32. The minimum Gasteiger partial charge on any atom is -0.388 e. The average Bonchev–Trinajstić information content (AvgIpc) is 3.02. The number of hydrogen-bond acceptors (Lipinski definition) is 4. The summed E-state index contributed by atoms with van der Waals surface area (Å²) in [5.41, 5.74) is -0.757. The average molecular weight is 235 g/mol. The second-order valence-electron chi connectivity index (χ2n) is 5.43. The minimum atomic E-state index is -0.663. The fraction of sp³-hybridized carbons (Fsp3) is 0.667. The third-order valence-corrected chi connectivity index (χ3v) is 3.49. The summed E-state index contributed by atoms with van der Waals surface area (Å²) >= 11 is 0. The smallest absolute Gasteiger partial charge is 0.252 e. The number of anilines is 1. The Balaban J connectivity index is 1.90. The molecule has 2 fully saturated rings. The number of nitrogens with one attached hydrogen (secondary N) is 1. The third-order valence-electron chi connectivity index (χ3n) is 3.49. The molecule has 17 heavy (non-hydrogen) atoms. The third kappa shape index (κ3) is 2.20. The molecule has 1 aromatic heterocycles. The Morgan fingerprint density at radius 2 is 2.35 bits per heavy atom. The van der Waals surface area contributed by atoms with Crippen LogP contribution >= 0.6 is 0 Å². The molecule has 2 heterocycles. The second-order valence-corrected chi connectivity index (χ2v) is 5.43. The monoisotopic (exact) mass is 235 g/mol. The summed E-state index contributed by atoms with van der Waals surface area (Å²) in [6.45, 7) is 3.13. The van der Waals surface area contributed by atoms with E-state index in [-0.39, 0.29) is 5.56 Å². The number of H-pyrrole nitrogens is 1. The molecule has 0 radical (unpaired) electrons. The lowest BCUT2D eigenvalue weighted by atomic mass is 10.1. The Morgan fingerprint density at radius 3 is 2.94 bits per heavy atom. The zero-order valence-corrected chi connectivity index (χ0v) is 9.94. The standard InChI is InChI=1S/C12H17N3O2/c1-12(17)4-5-15(7-12)9-6-10(16)14-11(13-9)8-2-3-8/h6,8,17H,2-5,7H2,1H3,(H,13,14,16). The summed E-state index contributed by atoms with van der Waals surface area (Å²) in [7, 11) is 0. The second kappa shape index (κ2) is 3.57. The first-order valence-corrected chi connectivity index (χ1v) is 6.12. The van der Waals surface area contributed by atoms with Gasteiger partial charge in [0.25, 0.3) is 5.56 Å². The molecule has 1 unspecified atom stereocenters. The number of hydrogen-bond donors (Lipinski definition) is 2. The van der Waals surface area contributed by atoms with Crippen molar-refractivity contribution < 1.29 is 5.11 Å². The summed E-state index contributed by atoms with van der Waals surface area (Å²) in [5.74, 6) is 1.94. The van der Waals surface area contributed by atoms with Crippen molar-refractivity contribution >= 4 is 5.82 Å². The van der Waals surface area contributed by atoms with Gasteiger partial charge in [-0.25, -0.2) is 4.98 Å². The molecule has 5 heteroatoms. The largest absolute Gasteiger partial charge is 0.388 e. The van der Waals surface area contributed by atoms with E-state index in [9.17, 15) is 9.90 Å². The van der Waals surface area contributed by atoms with Crippen LogP contribution in [0, 0.1) is 0 Å². The van der Waals surface area contributed by atoms with E-state index in [1.165, 1.54) is 6.07 Å². The van der Waals surface area contributed by atoms with Crippen LogP contribution in [0.3, 0.4) is 0 Å². The van der Waals surface area contributed by atoms with Crippen LogP contribution in [0.4, 0.5) is 5.82 Å². The van der Waals surface area contributed by atoms with Crippen LogP contribution < -0.4 is 10.5 Å². The van der Waals surface area contributed by atoms with E-state index in [0.717, 1.165) is 31.6 Å². The van der Waals surface area contributed by atoms with Crippen molar-refractivity contribution in [1.82, 2.24) is 9.97 Å². The molecule has 2 N–H and O–H groups in total. The quantitative estimate of drug-likeness (QED) is 0.788. The molecule has 0 aromatic carbocycles. The predicted octanol–water partition coefficient (Wildman–Crippen LogP) is 0.608. The lowest BCUT2D eigenvalue weighted by molar-refractivity contribution is 0.0839. The lowest BCUT2D eigenvalue weighted by Gasteiger charge is -2.19. The molecule has 1 atom stereocenters. The number of aromatic amines is 1. The van der Waals surface area contributed by atoms with Crippen molar-refractivity contribution in [1.29, 1.82) is 0 Å². The summed E-state index contributed by atoms with van der Waals surface area (Å²) in [6, 6.07) is 1.52. The number of aromatic nitrogens is 2. The molecular formula is C12H17N3O2. The van der Waals surface area contributed by atoms with Gasteiger partial charge in [-0.15, -0.1) is 0 Å². The molecular weight excluding hydrogens is 218 g/mol. The van der Waals surface area contributed by atoms with E-state index in [1.807, 2.05) is 11.8 Å². The number of aliphatic hydroxyl groups is 1. The maximum absolute atomic E-state index is 11.6. The Bertz CT molecular complexity index is 491. The van der Waals surface area contributed by atoms with Crippen LogP contribution in [0.25, 0.3) is 0 Å². The maximum Gasteiger partial charge on any atom is 0.252 e. The van der Waals surface area contributed by atoms with Crippen molar-refractivity contribution in [2.24, 2.45) is 0 Å².